The molecule has 126 valence electrons. The van der Waals surface area contributed by atoms with Gasteiger partial charge in [0.05, 0.1) is 12.7 Å². The third-order valence-corrected chi connectivity index (χ3v) is 6.00. The molecular formula is C18H24FNO3. The molecule has 4 nitrogen and oxygen atoms in total. The minimum atomic E-state index is -0.561. The first kappa shape index (κ1) is 16.2. The molecule has 1 amide bonds. The largest absolute Gasteiger partial charge is 0.494 e. The van der Waals surface area contributed by atoms with Gasteiger partial charge in [0.25, 0.3) is 5.91 Å². The Hall–Kier alpha value is -1.62. The summed E-state index contributed by atoms with van der Waals surface area (Å²) in [5.74, 6) is -0.534. The second kappa shape index (κ2) is 5.78. The van der Waals surface area contributed by atoms with E-state index in [4.69, 9.17) is 4.74 Å². The molecule has 1 aromatic rings. The van der Waals surface area contributed by atoms with Crippen LogP contribution in [0.3, 0.4) is 0 Å². The lowest BCUT2D eigenvalue weighted by molar-refractivity contribution is -0.188. The molecule has 23 heavy (non-hydrogen) atoms. The molecule has 1 atom stereocenters. The zero-order chi connectivity index (χ0) is 16.7. The number of methoxy groups -OCH3 is 1. The normalized spacial score (nSPS) is 26.0. The molecule has 1 N–H and O–H groups in total. The molecule has 2 aliphatic rings. The van der Waals surface area contributed by atoms with Gasteiger partial charge in [0.15, 0.2) is 11.6 Å². The van der Waals surface area contributed by atoms with Crippen LogP contribution in [0.15, 0.2) is 18.2 Å². The quantitative estimate of drug-likeness (QED) is 0.931. The average Bonchev–Trinajstić information content (AvgIpc) is 2.59. The first-order valence-corrected chi connectivity index (χ1v) is 8.30. The summed E-state index contributed by atoms with van der Waals surface area (Å²) < 4.78 is 18.7. The lowest BCUT2D eigenvalue weighted by Gasteiger charge is -2.59. The molecule has 1 saturated heterocycles. The first-order chi connectivity index (χ1) is 10.9. The highest BCUT2D eigenvalue weighted by molar-refractivity contribution is 5.94. The van der Waals surface area contributed by atoms with Crippen LogP contribution in [0.4, 0.5) is 4.39 Å². The average molecular weight is 321 g/mol. The van der Waals surface area contributed by atoms with Crippen LogP contribution < -0.4 is 4.74 Å². The number of nitrogens with zero attached hydrogens (tertiary/aromatic N) is 1. The van der Waals surface area contributed by atoms with E-state index in [-0.39, 0.29) is 17.1 Å². The first-order valence-electron chi connectivity index (χ1n) is 8.30. The van der Waals surface area contributed by atoms with Crippen LogP contribution in [0.2, 0.25) is 0 Å². The van der Waals surface area contributed by atoms with E-state index in [0.29, 0.717) is 18.7 Å². The second-order valence-electron chi connectivity index (χ2n) is 6.81. The van der Waals surface area contributed by atoms with Crippen molar-refractivity contribution in [2.75, 3.05) is 20.2 Å². The van der Waals surface area contributed by atoms with Crippen LogP contribution in [-0.4, -0.2) is 41.7 Å². The number of carbonyl (C=O) groups is 1. The Morgan fingerprint density at radius 3 is 2.48 bits per heavy atom. The Labute approximate surface area is 136 Å². The van der Waals surface area contributed by atoms with Gasteiger partial charge in [-0.25, -0.2) is 4.39 Å². The smallest absolute Gasteiger partial charge is 0.253 e. The van der Waals surface area contributed by atoms with Gasteiger partial charge in [0.2, 0.25) is 0 Å². The van der Waals surface area contributed by atoms with Gasteiger partial charge in [0.1, 0.15) is 0 Å². The highest BCUT2D eigenvalue weighted by Crippen LogP contribution is 2.57. The Morgan fingerprint density at radius 1 is 1.30 bits per heavy atom. The van der Waals surface area contributed by atoms with Crippen molar-refractivity contribution in [2.24, 2.45) is 5.41 Å². The van der Waals surface area contributed by atoms with Crippen LogP contribution >= 0.6 is 0 Å². The summed E-state index contributed by atoms with van der Waals surface area (Å²) in [4.78, 5) is 14.3. The van der Waals surface area contributed by atoms with E-state index in [1.807, 2.05) is 6.92 Å². The van der Waals surface area contributed by atoms with E-state index in [1.54, 1.807) is 11.0 Å². The zero-order valence-corrected chi connectivity index (χ0v) is 13.8. The summed E-state index contributed by atoms with van der Waals surface area (Å²) in [6.07, 6.45) is 4.31. The van der Waals surface area contributed by atoms with Gasteiger partial charge in [-0.2, -0.15) is 0 Å². The summed E-state index contributed by atoms with van der Waals surface area (Å²) in [5.41, 5.74) is -0.239. The van der Waals surface area contributed by atoms with Crippen molar-refractivity contribution in [3.8, 4) is 5.75 Å². The van der Waals surface area contributed by atoms with E-state index >= 15 is 0 Å². The number of halogens is 1. The third kappa shape index (κ3) is 2.51. The van der Waals surface area contributed by atoms with Crippen LogP contribution in [0.1, 0.15) is 49.4 Å². The molecule has 1 aliphatic heterocycles. The maximum Gasteiger partial charge on any atom is 0.253 e. The van der Waals surface area contributed by atoms with Gasteiger partial charge in [-0.1, -0.05) is 6.92 Å². The van der Waals surface area contributed by atoms with Crippen LogP contribution in [0.25, 0.3) is 0 Å². The lowest BCUT2D eigenvalue weighted by Crippen LogP contribution is -2.61. The number of carbonyl (C=O) groups excluding carboxylic acids is 1. The number of likely N-dealkylation sites (tertiary alicyclic amines) is 1. The number of aliphatic hydroxyl groups is 1. The molecule has 1 spiro atoms. The second-order valence-corrected chi connectivity index (χ2v) is 6.81. The summed E-state index contributed by atoms with van der Waals surface area (Å²) in [7, 11) is 1.40. The van der Waals surface area contributed by atoms with E-state index in [9.17, 15) is 14.3 Å². The molecule has 1 saturated carbocycles. The summed E-state index contributed by atoms with van der Waals surface area (Å²) >= 11 is 0. The Kier molecular flexibility index (Phi) is 4.08. The highest BCUT2D eigenvalue weighted by atomic mass is 19.1. The fourth-order valence-electron chi connectivity index (χ4n) is 4.15. The summed E-state index contributed by atoms with van der Waals surface area (Å²) in [6.45, 7) is 3.27. The van der Waals surface area contributed by atoms with Gasteiger partial charge in [-0.3, -0.25) is 4.79 Å². The Bertz CT molecular complexity index is 606. The zero-order valence-electron chi connectivity index (χ0n) is 13.8. The number of piperidine rings is 1. The topological polar surface area (TPSA) is 49.8 Å². The third-order valence-electron chi connectivity index (χ3n) is 6.00. The minimum absolute atomic E-state index is 0.0241. The van der Waals surface area contributed by atoms with Crippen molar-refractivity contribution in [1.29, 1.82) is 0 Å². The van der Waals surface area contributed by atoms with Gasteiger partial charge in [0, 0.05) is 24.1 Å². The molecule has 1 aromatic carbocycles. The predicted octanol–water partition coefficient (Wildman–Crippen LogP) is 2.99. The summed E-state index contributed by atoms with van der Waals surface area (Å²) in [6, 6.07) is 4.31. The van der Waals surface area contributed by atoms with Gasteiger partial charge in [-0.05, 0) is 50.3 Å². The molecular weight excluding hydrogens is 297 g/mol. The molecule has 0 bridgehead atoms. The SMILES string of the molecule is CCC1(O)CCC12CCN(C(=O)c1ccc(OC)c(F)c1)CC2. The fourth-order valence-corrected chi connectivity index (χ4v) is 4.15. The molecule has 2 fully saturated rings. The lowest BCUT2D eigenvalue weighted by atomic mass is 9.51. The van der Waals surface area contributed by atoms with E-state index < -0.39 is 11.4 Å². The molecule has 0 radical (unpaired) electrons. The van der Waals surface area contributed by atoms with Crippen LogP contribution in [0.5, 0.6) is 5.75 Å². The number of ether oxygens (including phenoxy) is 1. The van der Waals surface area contributed by atoms with Crippen molar-refractivity contribution in [3.05, 3.63) is 29.6 Å². The van der Waals surface area contributed by atoms with Gasteiger partial charge < -0.3 is 14.7 Å². The van der Waals surface area contributed by atoms with Crippen molar-refractivity contribution in [2.45, 2.75) is 44.6 Å². The number of benzene rings is 1. The number of hydrogen-bond acceptors (Lipinski definition) is 3. The standard InChI is InChI=1S/C18H24FNO3/c1-3-18(22)7-6-17(18)8-10-20(11-9-17)16(21)13-4-5-15(23-2)14(19)12-13/h4-5,12,22H,3,6-11H2,1-2H3. The molecule has 1 aliphatic carbocycles. The number of hydrogen-bond donors (Lipinski definition) is 1. The van der Waals surface area contributed by atoms with Crippen LogP contribution in [-0.2, 0) is 0 Å². The monoisotopic (exact) mass is 321 g/mol. The number of rotatable bonds is 3. The van der Waals surface area contributed by atoms with Crippen molar-refractivity contribution >= 4 is 5.91 Å². The highest BCUT2D eigenvalue weighted by Gasteiger charge is 2.57. The van der Waals surface area contributed by atoms with Crippen molar-refractivity contribution in [3.63, 3.8) is 0 Å². The van der Waals surface area contributed by atoms with E-state index in [0.717, 1.165) is 32.1 Å². The van der Waals surface area contributed by atoms with Crippen molar-refractivity contribution in [1.82, 2.24) is 4.90 Å². The molecule has 0 aromatic heterocycles. The maximum absolute atomic E-state index is 13.8. The van der Waals surface area contributed by atoms with E-state index in [2.05, 4.69) is 0 Å². The molecule has 1 unspecified atom stereocenters. The Balaban J connectivity index is 1.68. The van der Waals surface area contributed by atoms with E-state index in [1.165, 1.54) is 19.2 Å². The molecule has 3 rings (SSSR count). The maximum atomic E-state index is 13.8. The number of amides is 1. The van der Waals surface area contributed by atoms with Crippen LogP contribution in [0, 0.1) is 11.2 Å². The fraction of sp³-hybridized carbons (Fsp3) is 0.611. The summed E-state index contributed by atoms with van der Waals surface area (Å²) in [5, 5.41) is 10.7. The molecule has 1 heterocycles. The molecule has 5 heteroatoms. The predicted molar refractivity (Wildman–Crippen MR) is 85.0 cm³/mol. The van der Waals surface area contributed by atoms with Gasteiger partial charge >= 0.3 is 0 Å². The van der Waals surface area contributed by atoms with Crippen molar-refractivity contribution < 1.29 is 19.0 Å². The Morgan fingerprint density at radius 2 is 2.00 bits per heavy atom. The minimum Gasteiger partial charge on any atom is -0.494 e. The van der Waals surface area contributed by atoms with Gasteiger partial charge in [-0.15, -0.1) is 0 Å².